The third kappa shape index (κ3) is 4.95. The van der Waals surface area contributed by atoms with Crippen molar-refractivity contribution in [2.45, 2.75) is 37.7 Å². The Kier molecular flexibility index (Phi) is 7.53. The molecule has 32 heavy (non-hydrogen) atoms. The maximum absolute atomic E-state index is 14.2. The van der Waals surface area contributed by atoms with Crippen LogP contribution in [0.15, 0.2) is 24.8 Å². The molecule has 0 radical (unpaired) electrons. The number of rotatable bonds is 3. The molecule has 5 nitrogen and oxygen atoms in total. The zero-order valence-corrected chi connectivity index (χ0v) is 17.5. The molecule has 2 aliphatic rings. The molecule has 5 atom stereocenters. The number of benzene rings is 1. The van der Waals surface area contributed by atoms with E-state index in [0.717, 1.165) is 12.1 Å². The van der Waals surface area contributed by atoms with Crippen molar-refractivity contribution >= 4 is 17.4 Å². The van der Waals surface area contributed by atoms with Gasteiger partial charge in [-0.1, -0.05) is 12.6 Å². The number of likely N-dealkylation sites (N-methyl/N-ethyl adjacent to an activating group) is 1. The number of carbonyl (C=O) groups excluding carboxylic acids is 2. The van der Waals surface area contributed by atoms with Gasteiger partial charge in [-0.15, -0.1) is 0 Å². The van der Waals surface area contributed by atoms with Crippen LogP contribution in [0.3, 0.4) is 0 Å². The molecule has 0 saturated heterocycles. The van der Waals surface area contributed by atoms with E-state index in [4.69, 9.17) is 4.74 Å². The Morgan fingerprint density at radius 1 is 1.22 bits per heavy atom. The first-order valence-corrected chi connectivity index (χ1v) is 10.3. The van der Waals surface area contributed by atoms with Gasteiger partial charge in [0.25, 0.3) is 5.91 Å². The molecular weight excluding hydrogens is 435 g/mol. The summed E-state index contributed by atoms with van der Waals surface area (Å²) in [7, 11) is 1.40. The van der Waals surface area contributed by atoms with E-state index in [2.05, 4.69) is 11.9 Å². The number of nitrogens with zero attached hydrogens (tertiary/aromatic N) is 1. The molecule has 0 bridgehead atoms. The molecule has 1 aliphatic heterocycles. The molecule has 1 aromatic rings. The largest absolute Gasteiger partial charge is 0.377 e. The molecule has 1 aromatic carbocycles. The molecule has 2 amide bonds. The van der Waals surface area contributed by atoms with Gasteiger partial charge in [-0.05, 0) is 36.1 Å². The molecule has 3 rings (SSSR count). The molecule has 1 heterocycles. The molecule has 1 aliphatic carbocycles. The highest BCUT2D eigenvalue weighted by Gasteiger charge is 2.46. The van der Waals surface area contributed by atoms with Crippen LogP contribution in [0.25, 0.3) is 5.57 Å². The Hall–Kier alpha value is -2.49. The highest BCUT2D eigenvalue weighted by Crippen LogP contribution is 2.38. The monoisotopic (exact) mass is 460 g/mol. The summed E-state index contributed by atoms with van der Waals surface area (Å²) in [6.45, 7) is 4.20. The van der Waals surface area contributed by atoms with Crippen LogP contribution >= 0.6 is 0 Å². The van der Waals surface area contributed by atoms with Gasteiger partial charge in [0.2, 0.25) is 12.3 Å². The first-order chi connectivity index (χ1) is 15.1. The van der Waals surface area contributed by atoms with Crippen LogP contribution in [0, 0.1) is 17.7 Å². The summed E-state index contributed by atoms with van der Waals surface area (Å²) < 4.78 is 73.7. The zero-order chi connectivity index (χ0) is 23.6. The van der Waals surface area contributed by atoms with E-state index in [1.165, 1.54) is 18.0 Å². The average molecular weight is 460 g/mol. The summed E-state index contributed by atoms with van der Waals surface area (Å²) in [6.07, 6.45) is -8.46. The number of hydrogen-bond donors (Lipinski definition) is 1. The van der Waals surface area contributed by atoms with Gasteiger partial charge >= 0.3 is 0 Å². The highest BCUT2D eigenvalue weighted by molar-refractivity contribution is 5.99. The number of ether oxygens (including phenoxy) is 1. The lowest BCUT2D eigenvalue weighted by molar-refractivity contribution is -0.142. The minimum Gasteiger partial charge on any atom is -0.377 e. The van der Waals surface area contributed by atoms with Gasteiger partial charge in [-0.25, -0.2) is 22.0 Å². The maximum atomic E-state index is 14.2. The van der Waals surface area contributed by atoms with Gasteiger partial charge in [0.15, 0.2) is 0 Å². The van der Waals surface area contributed by atoms with Crippen molar-refractivity contribution in [1.29, 1.82) is 0 Å². The molecule has 1 N–H and O–H groups in total. The molecule has 10 heteroatoms. The van der Waals surface area contributed by atoms with E-state index >= 15 is 0 Å². The number of nitrogens with one attached hydrogen (secondary N) is 1. The number of fused-ring (bicyclic) bond motifs is 1. The first-order valence-electron chi connectivity index (χ1n) is 10.3. The second kappa shape index (κ2) is 9.97. The molecule has 176 valence electrons. The van der Waals surface area contributed by atoms with E-state index in [0.29, 0.717) is 5.56 Å². The Labute approximate surface area is 182 Å². The first kappa shape index (κ1) is 24.2. The summed E-state index contributed by atoms with van der Waals surface area (Å²) in [5.74, 6) is -4.97. The van der Waals surface area contributed by atoms with Crippen LogP contribution in [0.2, 0.25) is 0 Å². The van der Waals surface area contributed by atoms with Gasteiger partial charge in [-0.3, -0.25) is 9.59 Å². The van der Waals surface area contributed by atoms with Gasteiger partial charge in [0.05, 0.1) is 25.2 Å². The van der Waals surface area contributed by atoms with Crippen molar-refractivity contribution in [3.05, 3.63) is 41.7 Å². The third-order valence-corrected chi connectivity index (χ3v) is 6.09. The number of halogens is 5. The van der Waals surface area contributed by atoms with Crippen LogP contribution in [0.4, 0.5) is 22.0 Å². The fourth-order valence-corrected chi connectivity index (χ4v) is 4.28. The van der Waals surface area contributed by atoms with Crippen LogP contribution in [-0.2, 0) is 9.53 Å². The zero-order valence-electron chi connectivity index (χ0n) is 17.5. The smallest absolute Gasteiger partial charge is 0.252 e. The van der Waals surface area contributed by atoms with E-state index < -0.39 is 67.1 Å². The van der Waals surface area contributed by atoms with Crippen molar-refractivity contribution < 1.29 is 36.3 Å². The SMILES string of the molecule is C=C1c2ccc(F)cc2C(=O)NCCOCC1N(C)C(=O)[C@@H]1CC(F)C(C(F)F)[C@H](F)C1. The Morgan fingerprint density at radius 3 is 2.50 bits per heavy atom. The minimum atomic E-state index is -3.15. The van der Waals surface area contributed by atoms with Crippen LogP contribution in [-0.4, -0.2) is 68.3 Å². The lowest BCUT2D eigenvalue weighted by Crippen LogP contribution is -2.49. The number of alkyl halides is 4. The fourth-order valence-electron chi connectivity index (χ4n) is 4.28. The second-order valence-corrected chi connectivity index (χ2v) is 8.12. The van der Waals surface area contributed by atoms with Gasteiger partial charge in [0, 0.05) is 25.1 Å². The van der Waals surface area contributed by atoms with Crippen LogP contribution in [0.5, 0.6) is 0 Å². The molecule has 1 fully saturated rings. The fraction of sp³-hybridized carbons (Fsp3) is 0.545. The van der Waals surface area contributed by atoms with Crippen LogP contribution < -0.4 is 5.32 Å². The predicted octanol–water partition coefficient (Wildman–Crippen LogP) is 3.39. The summed E-state index contributed by atoms with van der Waals surface area (Å²) >= 11 is 0. The topological polar surface area (TPSA) is 58.6 Å². The van der Waals surface area contributed by atoms with Crippen molar-refractivity contribution in [3.8, 4) is 0 Å². The van der Waals surface area contributed by atoms with Gasteiger partial charge in [0.1, 0.15) is 18.2 Å². The third-order valence-electron chi connectivity index (χ3n) is 6.09. The van der Waals surface area contributed by atoms with Gasteiger partial charge < -0.3 is 15.0 Å². The standard InChI is InChI=1S/C22H25F5N2O3/c1-11-14-4-3-13(23)9-15(14)21(30)28-5-6-32-10-18(11)29(2)22(31)12-7-16(24)19(20(26)27)17(25)8-12/h3-4,9,12,16-20H,1,5-8,10H2,2H3,(H,28,30)/t12-,16+,17?,18?,19?/m0/s1. The Bertz CT molecular complexity index is 869. The molecule has 0 aromatic heterocycles. The van der Waals surface area contributed by atoms with E-state index in [-0.39, 0.29) is 30.9 Å². The van der Waals surface area contributed by atoms with Crippen molar-refractivity contribution in [2.75, 3.05) is 26.8 Å². The molecule has 1 saturated carbocycles. The molecule has 0 spiro atoms. The van der Waals surface area contributed by atoms with Crippen molar-refractivity contribution in [1.82, 2.24) is 10.2 Å². The lowest BCUT2D eigenvalue weighted by Gasteiger charge is -2.38. The highest BCUT2D eigenvalue weighted by atomic mass is 19.3. The predicted molar refractivity (Wildman–Crippen MR) is 107 cm³/mol. The number of amides is 2. The summed E-state index contributed by atoms with van der Waals surface area (Å²) in [4.78, 5) is 26.7. The maximum Gasteiger partial charge on any atom is 0.252 e. The average Bonchev–Trinajstić information content (AvgIpc) is 2.73. The van der Waals surface area contributed by atoms with E-state index in [1.807, 2.05) is 0 Å². The Balaban J connectivity index is 1.86. The Morgan fingerprint density at radius 2 is 1.88 bits per heavy atom. The number of hydrogen-bond acceptors (Lipinski definition) is 3. The molecular formula is C22H25F5N2O3. The summed E-state index contributed by atoms with van der Waals surface area (Å²) in [5, 5.41) is 2.60. The van der Waals surface area contributed by atoms with E-state index in [1.54, 1.807) is 0 Å². The molecule has 3 unspecified atom stereocenters. The lowest BCUT2D eigenvalue weighted by atomic mass is 9.78. The van der Waals surface area contributed by atoms with Crippen LogP contribution in [0.1, 0.15) is 28.8 Å². The van der Waals surface area contributed by atoms with Crippen molar-refractivity contribution in [3.63, 3.8) is 0 Å². The normalized spacial score (nSPS) is 29.3. The van der Waals surface area contributed by atoms with E-state index in [9.17, 15) is 31.5 Å². The quantitative estimate of drug-likeness (QED) is 0.704. The minimum absolute atomic E-state index is 0.0295. The summed E-state index contributed by atoms with van der Waals surface area (Å²) in [6, 6.07) is 2.75. The second-order valence-electron chi connectivity index (χ2n) is 8.12. The van der Waals surface area contributed by atoms with Gasteiger partial charge in [-0.2, -0.15) is 0 Å². The van der Waals surface area contributed by atoms with Crippen molar-refractivity contribution in [2.24, 2.45) is 11.8 Å². The number of carbonyl (C=O) groups is 2. The summed E-state index contributed by atoms with van der Waals surface area (Å²) in [5.41, 5.74) is 0.614.